The molecule has 1 nitrogen and oxygen atoms in total. The van der Waals surface area contributed by atoms with E-state index in [1.54, 1.807) is 18.4 Å². The largest absolute Gasteiger partial charge is 0.496 e. The van der Waals surface area contributed by atoms with Crippen molar-refractivity contribution in [1.82, 2.24) is 0 Å². The molecule has 0 saturated carbocycles. The SMILES string of the molecule is COc1ccccc1CC(Br)c1cc2sccc2s1. The van der Waals surface area contributed by atoms with Crippen LogP contribution in [0.15, 0.2) is 41.8 Å². The number of fused-ring (bicyclic) bond motifs is 1. The van der Waals surface area contributed by atoms with Crippen molar-refractivity contribution in [2.45, 2.75) is 11.2 Å². The fraction of sp³-hybridized carbons (Fsp3) is 0.200. The molecule has 1 atom stereocenters. The second kappa shape index (κ2) is 5.65. The molecule has 0 aliphatic rings. The summed E-state index contributed by atoms with van der Waals surface area (Å²) in [6.07, 6.45) is 0.942. The van der Waals surface area contributed by atoms with Crippen molar-refractivity contribution in [2.24, 2.45) is 0 Å². The minimum absolute atomic E-state index is 0.341. The maximum atomic E-state index is 5.41. The summed E-state index contributed by atoms with van der Waals surface area (Å²) in [6.45, 7) is 0. The molecule has 0 bridgehead atoms. The monoisotopic (exact) mass is 352 g/mol. The van der Waals surface area contributed by atoms with Gasteiger partial charge >= 0.3 is 0 Å². The maximum absolute atomic E-state index is 5.41. The minimum atomic E-state index is 0.341. The van der Waals surface area contributed by atoms with Crippen molar-refractivity contribution in [3.05, 3.63) is 52.2 Å². The highest BCUT2D eigenvalue weighted by atomic mass is 79.9. The number of hydrogen-bond donors (Lipinski definition) is 0. The average molecular weight is 353 g/mol. The van der Waals surface area contributed by atoms with E-state index in [-0.39, 0.29) is 0 Å². The first-order chi connectivity index (χ1) is 9.28. The van der Waals surface area contributed by atoms with Gasteiger partial charge < -0.3 is 4.74 Å². The highest BCUT2D eigenvalue weighted by molar-refractivity contribution is 9.09. The zero-order chi connectivity index (χ0) is 13.2. The number of rotatable bonds is 4. The van der Waals surface area contributed by atoms with Crippen LogP contribution in [-0.2, 0) is 6.42 Å². The van der Waals surface area contributed by atoms with Gasteiger partial charge in [-0.3, -0.25) is 0 Å². The Bertz CT molecular complexity index is 658. The highest BCUT2D eigenvalue weighted by Gasteiger charge is 2.14. The first-order valence-electron chi connectivity index (χ1n) is 6.01. The van der Waals surface area contributed by atoms with Crippen LogP contribution in [0.3, 0.4) is 0 Å². The van der Waals surface area contributed by atoms with Gasteiger partial charge in [0.05, 0.1) is 11.9 Å². The molecule has 4 heteroatoms. The molecular weight excluding hydrogens is 340 g/mol. The molecule has 1 unspecified atom stereocenters. The van der Waals surface area contributed by atoms with Crippen LogP contribution in [0, 0.1) is 0 Å². The molecule has 19 heavy (non-hydrogen) atoms. The van der Waals surface area contributed by atoms with Crippen molar-refractivity contribution in [2.75, 3.05) is 7.11 Å². The Morgan fingerprint density at radius 3 is 2.84 bits per heavy atom. The molecule has 3 aromatic rings. The van der Waals surface area contributed by atoms with E-state index < -0.39 is 0 Å². The predicted molar refractivity (Wildman–Crippen MR) is 88.1 cm³/mol. The molecule has 0 amide bonds. The lowest BCUT2D eigenvalue weighted by Gasteiger charge is -2.11. The lowest BCUT2D eigenvalue weighted by molar-refractivity contribution is 0.409. The molecule has 1 aromatic carbocycles. The lowest BCUT2D eigenvalue weighted by Crippen LogP contribution is -1.96. The molecule has 0 radical (unpaired) electrons. The highest BCUT2D eigenvalue weighted by Crippen LogP contribution is 2.39. The van der Waals surface area contributed by atoms with Crippen molar-refractivity contribution in [3.63, 3.8) is 0 Å². The van der Waals surface area contributed by atoms with Crippen molar-refractivity contribution < 1.29 is 4.74 Å². The number of alkyl halides is 1. The molecular formula is C15H13BrOS2. The summed E-state index contributed by atoms with van der Waals surface area (Å²) in [5.74, 6) is 0.963. The minimum Gasteiger partial charge on any atom is -0.496 e. The van der Waals surface area contributed by atoms with Crippen LogP contribution in [0.5, 0.6) is 5.75 Å². The molecule has 0 saturated heterocycles. The van der Waals surface area contributed by atoms with Crippen molar-refractivity contribution in [3.8, 4) is 5.75 Å². The zero-order valence-electron chi connectivity index (χ0n) is 10.4. The van der Waals surface area contributed by atoms with Gasteiger partial charge in [0, 0.05) is 14.3 Å². The Morgan fingerprint density at radius 1 is 1.21 bits per heavy atom. The summed E-state index contributed by atoms with van der Waals surface area (Å²) >= 11 is 7.48. The third-order valence-electron chi connectivity index (χ3n) is 3.06. The molecule has 2 heterocycles. The van der Waals surface area contributed by atoms with Crippen LogP contribution in [0.4, 0.5) is 0 Å². The van der Waals surface area contributed by atoms with Gasteiger partial charge in [-0.15, -0.1) is 22.7 Å². The first-order valence-corrected chi connectivity index (χ1v) is 8.62. The van der Waals surface area contributed by atoms with Gasteiger partial charge in [-0.25, -0.2) is 0 Å². The van der Waals surface area contributed by atoms with Crippen LogP contribution in [-0.4, -0.2) is 7.11 Å². The summed E-state index contributed by atoms with van der Waals surface area (Å²) in [5.41, 5.74) is 1.24. The number of methoxy groups -OCH3 is 1. The topological polar surface area (TPSA) is 9.23 Å². The quantitative estimate of drug-likeness (QED) is 0.551. The number of benzene rings is 1. The van der Waals surface area contributed by atoms with Crippen LogP contribution < -0.4 is 4.74 Å². The van der Waals surface area contributed by atoms with Crippen molar-refractivity contribution in [1.29, 1.82) is 0 Å². The fourth-order valence-electron chi connectivity index (χ4n) is 2.10. The van der Waals surface area contributed by atoms with E-state index in [1.807, 2.05) is 23.5 Å². The summed E-state index contributed by atoms with van der Waals surface area (Å²) in [7, 11) is 1.73. The summed E-state index contributed by atoms with van der Waals surface area (Å²) < 4.78 is 8.17. The molecule has 0 N–H and O–H groups in total. The molecule has 0 aliphatic heterocycles. The number of hydrogen-bond acceptors (Lipinski definition) is 3. The third kappa shape index (κ3) is 2.71. The van der Waals surface area contributed by atoms with E-state index in [2.05, 4.69) is 45.6 Å². The van der Waals surface area contributed by atoms with Gasteiger partial charge in [0.15, 0.2) is 0 Å². The van der Waals surface area contributed by atoms with Gasteiger partial charge in [0.25, 0.3) is 0 Å². The Morgan fingerprint density at radius 2 is 2.05 bits per heavy atom. The van der Waals surface area contributed by atoms with E-state index in [4.69, 9.17) is 4.74 Å². The number of thiophene rings is 2. The molecule has 2 aromatic heterocycles. The van der Waals surface area contributed by atoms with Crippen LogP contribution in [0.25, 0.3) is 9.40 Å². The smallest absolute Gasteiger partial charge is 0.122 e. The van der Waals surface area contributed by atoms with E-state index in [0.29, 0.717) is 4.83 Å². The number of halogens is 1. The summed E-state index contributed by atoms with van der Waals surface area (Å²) in [4.78, 5) is 1.72. The normalized spacial score (nSPS) is 12.7. The third-order valence-corrected chi connectivity index (χ3v) is 6.39. The standard InChI is InChI=1S/C15H13BrOS2/c1-17-12-5-3-2-4-10(12)8-11(16)14-9-15-13(19-14)6-7-18-15/h2-7,9,11H,8H2,1H3. The predicted octanol–water partition coefficient (Wildman–Crippen LogP) is 5.65. The van der Waals surface area contributed by atoms with E-state index >= 15 is 0 Å². The van der Waals surface area contributed by atoms with Crippen LogP contribution >= 0.6 is 38.6 Å². The van der Waals surface area contributed by atoms with Crippen molar-refractivity contribution >= 4 is 48.0 Å². The van der Waals surface area contributed by atoms with E-state index in [1.165, 1.54) is 19.8 Å². The Labute approximate surface area is 129 Å². The van der Waals surface area contributed by atoms with Crippen LogP contribution in [0.2, 0.25) is 0 Å². The second-order valence-corrected chi connectivity index (χ2v) is 7.45. The average Bonchev–Trinajstić information content (AvgIpc) is 3.00. The number of para-hydroxylation sites is 1. The lowest BCUT2D eigenvalue weighted by atomic mass is 10.1. The maximum Gasteiger partial charge on any atom is 0.122 e. The molecule has 3 rings (SSSR count). The second-order valence-electron chi connectivity index (χ2n) is 4.28. The van der Waals surface area contributed by atoms with Gasteiger partial charge in [-0.05, 0) is 35.6 Å². The Balaban J connectivity index is 1.84. The van der Waals surface area contributed by atoms with Gasteiger partial charge in [0.2, 0.25) is 0 Å². The first kappa shape index (κ1) is 13.2. The molecule has 0 fully saturated rings. The van der Waals surface area contributed by atoms with E-state index in [0.717, 1.165) is 12.2 Å². The van der Waals surface area contributed by atoms with Gasteiger partial charge in [0.1, 0.15) is 5.75 Å². The number of ether oxygens (including phenoxy) is 1. The molecule has 0 aliphatic carbocycles. The molecule has 98 valence electrons. The summed E-state index contributed by atoms with van der Waals surface area (Å²) in [5, 5.41) is 2.15. The van der Waals surface area contributed by atoms with Crippen LogP contribution in [0.1, 0.15) is 15.3 Å². The Kier molecular flexibility index (Phi) is 3.91. The van der Waals surface area contributed by atoms with Gasteiger partial charge in [-0.2, -0.15) is 0 Å². The van der Waals surface area contributed by atoms with E-state index in [9.17, 15) is 0 Å². The molecule has 0 spiro atoms. The fourth-order valence-corrected chi connectivity index (χ4v) is 4.96. The van der Waals surface area contributed by atoms with Gasteiger partial charge in [-0.1, -0.05) is 34.1 Å². The summed E-state index contributed by atoms with van der Waals surface area (Å²) in [6, 6.07) is 12.7. The zero-order valence-corrected chi connectivity index (χ0v) is 13.6. The Hall–Kier alpha value is -0.840.